The predicted molar refractivity (Wildman–Crippen MR) is 119 cm³/mol. The van der Waals surface area contributed by atoms with Crippen LogP contribution in [0, 0.1) is 6.92 Å². The Morgan fingerprint density at radius 3 is 2.71 bits per heavy atom. The van der Waals surface area contributed by atoms with E-state index in [0.717, 1.165) is 34.0 Å². The van der Waals surface area contributed by atoms with Gasteiger partial charge >= 0.3 is 6.03 Å². The van der Waals surface area contributed by atoms with E-state index in [1.54, 1.807) is 24.0 Å². The lowest BCUT2D eigenvalue weighted by Crippen LogP contribution is -2.51. The maximum Gasteiger partial charge on any atom is 0.324 e. The molecule has 162 valence electrons. The quantitative estimate of drug-likeness (QED) is 0.688. The number of nitrogens with zero attached hydrogens (tertiary/aromatic N) is 4. The molecule has 0 spiro atoms. The van der Waals surface area contributed by atoms with Crippen molar-refractivity contribution in [3.63, 3.8) is 0 Å². The van der Waals surface area contributed by atoms with Crippen molar-refractivity contribution in [1.29, 1.82) is 0 Å². The largest absolute Gasteiger partial charge is 0.496 e. The molecule has 0 saturated carbocycles. The van der Waals surface area contributed by atoms with Crippen molar-refractivity contribution in [2.75, 3.05) is 25.7 Å². The van der Waals surface area contributed by atoms with Gasteiger partial charge in [-0.25, -0.2) is 9.78 Å². The van der Waals surface area contributed by atoms with Crippen LogP contribution in [-0.2, 0) is 19.5 Å². The first-order valence-electron chi connectivity index (χ1n) is 10.4. The number of carbonyl (C=O) groups is 1. The Kier molecular flexibility index (Phi) is 5.95. The molecule has 0 radical (unpaired) electrons. The number of carbonyl (C=O) groups excluding carboxylic acids is 1. The summed E-state index contributed by atoms with van der Waals surface area (Å²) in [6.45, 7) is 3.00. The molecule has 1 atom stereocenters. The second-order valence-corrected chi connectivity index (χ2v) is 7.92. The first kappa shape index (κ1) is 20.9. The van der Waals surface area contributed by atoms with E-state index >= 15 is 0 Å². The second-order valence-electron chi connectivity index (χ2n) is 7.92. The van der Waals surface area contributed by atoms with Gasteiger partial charge in [-0.15, -0.1) is 0 Å². The zero-order valence-corrected chi connectivity index (χ0v) is 18.2. The van der Waals surface area contributed by atoms with Crippen LogP contribution in [0.1, 0.15) is 22.5 Å². The normalized spacial score (nSPS) is 15.5. The molecular weight excluding hydrogens is 392 g/mol. The van der Waals surface area contributed by atoms with Crippen LogP contribution in [0.2, 0.25) is 0 Å². The molecule has 0 saturated heterocycles. The molecular formula is C24H28N4O3. The second kappa shape index (κ2) is 8.81. The molecule has 0 bridgehead atoms. The van der Waals surface area contributed by atoms with E-state index in [2.05, 4.69) is 21.7 Å². The summed E-state index contributed by atoms with van der Waals surface area (Å²) < 4.78 is 7.46. The number of imidazole rings is 1. The van der Waals surface area contributed by atoms with Crippen molar-refractivity contribution in [3.8, 4) is 5.75 Å². The standard InChI is InChI=1S/C24H28N4O3/c1-17-11-18(9-10-23(17)31-3)13-27-16-25-21-14-28(20(15-29)12-22(21)27)24(30)26(2)19-7-5-4-6-8-19/h4-11,16,20,29H,12-15H2,1-3H3. The van der Waals surface area contributed by atoms with E-state index in [1.165, 1.54) is 0 Å². The van der Waals surface area contributed by atoms with Gasteiger partial charge < -0.3 is 19.3 Å². The molecule has 7 nitrogen and oxygen atoms in total. The van der Waals surface area contributed by atoms with Gasteiger partial charge in [0.2, 0.25) is 0 Å². The molecule has 1 aliphatic heterocycles. The van der Waals surface area contributed by atoms with Crippen LogP contribution in [0.4, 0.5) is 10.5 Å². The Labute approximate surface area is 182 Å². The van der Waals surface area contributed by atoms with E-state index in [1.807, 2.05) is 49.6 Å². The summed E-state index contributed by atoms with van der Waals surface area (Å²) in [5.41, 5.74) is 5.00. The first-order valence-corrected chi connectivity index (χ1v) is 10.4. The number of aromatic nitrogens is 2. The summed E-state index contributed by atoms with van der Waals surface area (Å²) in [5, 5.41) is 10.0. The van der Waals surface area contributed by atoms with E-state index in [9.17, 15) is 9.90 Å². The average Bonchev–Trinajstić information content (AvgIpc) is 3.19. The minimum atomic E-state index is -0.292. The molecule has 0 fully saturated rings. The van der Waals surface area contributed by atoms with Gasteiger partial charge in [-0.3, -0.25) is 4.90 Å². The molecule has 4 rings (SSSR count). The van der Waals surface area contributed by atoms with Crippen molar-refractivity contribution < 1.29 is 14.6 Å². The minimum absolute atomic E-state index is 0.0966. The number of rotatable bonds is 5. The van der Waals surface area contributed by atoms with Crippen LogP contribution in [0.25, 0.3) is 0 Å². The third-order valence-electron chi connectivity index (χ3n) is 5.92. The number of aliphatic hydroxyl groups excluding tert-OH is 1. The van der Waals surface area contributed by atoms with Crippen molar-refractivity contribution >= 4 is 11.7 Å². The van der Waals surface area contributed by atoms with E-state index < -0.39 is 0 Å². The van der Waals surface area contributed by atoms with E-state index in [4.69, 9.17) is 4.74 Å². The van der Waals surface area contributed by atoms with Crippen LogP contribution < -0.4 is 9.64 Å². The molecule has 7 heteroatoms. The number of aliphatic hydroxyl groups is 1. The maximum atomic E-state index is 13.2. The molecule has 0 aliphatic carbocycles. The zero-order chi connectivity index (χ0) is 22.0. The number of fused-ring (bicyclic) bond motifs is 1. The van der Waals surface area contributed by atoms with E-state index in [0.29, 0.717) is 19.5 Å². The molecule has 1 aromatic heterocycles. The van der Waals surface area contributed by atoms with Crippen LogP contribution in [0.5, 0.6) is 5.75 Å². The maximum absolute atomic E-state index is 13.2. The van der Waals surface area contributed by atoms with Crippen LogP contribution in [0.3, 0.4) is 0 Å². The summed E-state index contributed by atoms with van der Waals surface area (Å²) in [6, 6.07) is 15.2. The molecule has 2 heterocycles. The fourth-order valence-corrected chi connectivity index (χ4v) is 4.15. The summed E-state index contributed by atoms with van der Waals surface area (Å²) in [6.07, 6.45) is 2.39. The van der Waals surface area contributed by atoms with Gasteiger partial charge in [0.05, 0.1) is 38.3 Å². The Bertz CT molecular complexity index is 1060. The van der Waals surface area contributed by atoms with E-state index in [-0.39, 0.29) is 18.7 Å². The number of aryl methyl sites for hydroxylation is 1. The number of hydrogen-bond acceptors (Lipinski definition) is 4. The summed E-state index contributed by atoms with van der Waals surface area (Å²) in [4.78, 5) is 21.1. The number of hydrogen-bond donors (Lipinski definition) is 1. The number of urea groups is 1. The number of benzene rings is 2. The van der Waals surface area contributed by atoms with Gasteiger partial charge in [-0.05, 0) is 36.2 Å². The van der Waals surface area contributed by atoms with Gasteiger partial charge in [0.15, 0.2) is 0 Å². The topological polar surface area (TPSA) is 70.8 Å². The van der Waals surface area contributed by atoms with Crippen molar-refractivity contribution in [2.24, 2.45) is 0 Å². The Balaban J connectivity index is 1.55. The van der Waals surface area contributed by atoms with Crippen LogP contribution >= 0.6 is 0 Å². The average molecular weight is 421 g/mol. The Hall–Kier alpha value is -3.32. The van der Waals surface area contributed by atoms with Gasteiger partial charge in [-0.1, -0.05) is 30.3 Å². The number of amides is 2. The fourth-order valence-electron chi connectivity index (χ4n) is 4.15. The highest BCUT2D eigenvalue weighted by Crippen LogP contribution is 2.26. The van der Waals surface area contributed by atoms with Gasteiger partial charge in [0, 0.05) is 31.4 Å². The first-order chi connectivity index (χ1) is 15.0. The highest BCUT2D eigenvalue weighted by atomic mass is 16.5. The SMILES string of the molecule is COc1ccc(Cn2cnc3c2CC(CO)N(C(=O)N(C)c2ccccc2)C3)cc1C. The lowest BCUT2D eigenvalue weighted by Gasteiger charge is -2.37. The van der Waals surface area contributed by atoms with Gasteiger partial charge in [0.1, 0.15) is 5.75 Å². The summed E-state index contributed by atoms with van der Waals surface area (Å²) in [5.74, 6) is 0.869. The van der Waals surface area contributed by atoms with Crippen molar-refractivity contribution in [1.82, 2.24) is 14.5 Å². The number of ether oxygens (including phenoxy) is 1. The van der Waals surface area contributed by atoms with Crippen molar-refractivity contribution in [2.45, 2.75) is 32.5 Å². The minimum Gasteiger partial charge on any atom is -0.496 e. The Morgan fingerprint density at radius 2 is 2.03 bits per heavy atom. The van der Waals surface area contributed by atoms with Gasteiger partial charge in [-0.2, -0.15) is 0 Å². The molecule has 2 amide bonds. The molecule has 2 aromatic carbocycles. The number of para-hydroxylation sites is 1. The lowest BCUT2D eigenvalue weighted by molar-refractivity contribution is 0.123. The van der Waals surface area contributed by atoms with Crippen LogP contribution in [0.15, 0.2) is 54.9 Å². The third kappa shape index (κ3) is 4.14. The summed E-state index contributed by atoms with van der Waals surface area (Å²) in [7, 11) is 3.43. The molecule has 31 heavy (non-hydrogen) atoms. The number of methoxy groups -OCH3 is 1. The smallest absolute Gasteiger partial charge is 0.324 e. The molecule has 1 N–H and O–H groups in total. The molecule has 1 unspecified atom stereocenters. The predicted octanol–water partition coefficient (Wildman–Crippen LogP) is 3.22. The van der Waals surface area contributed by atoms with Crippen molar-refractivity contribution in [3.05, 3.63) is 77.4 Å². The lowest BCUT2D eigenvalue weighted by atomic mass is 10.0. The molecule has 1 aliphatic rings. The summed E-state index contributed by atoms with van der Waals surface area (Å²) >= 11 is 0. The highest BCUT2D eigenvalue weighted by molar-refractivity contribution is 5.91. The molecule has 3 aromatic rings. The highest BCUT2D eigenvalue weighted by Gasteiger charge is 2.34. The zero-order valence-electron chi connectivity index (χ0n) is 18.2. The monoisotopic (exact) mass is 420 g/mol. The van der Waals surface area contributed by atoms with Crippen LogP contribution in [-0.4, -0.2) is 52.4 Å². The third-order valence-corrected chi connectivity index (χ3v) is 5.92. The fraction of sp³-hybridized carbons (Fsp3) is 0.333. The Morgan fingerprint density at radius 1 is 1.26 bits per heavy atom. The van der Waals surface area contributed by atoms with Gasteiger partial charge in [0.25, 0.3) is 0 Å². The number of anilines is 1.